The van der Waals surface area contributed by atoms with Crippen LogP contribution in [0.15, 0.2) is 42.6 Å². The molecule has 1 N–H and O–H groups in total. The number of benzene rings is 1. The molecule has 0 saturated carbocycles. The maximum atomic E-state index is 5.32. The summed E-state index contributed by atoms with van der Waals surface area (Å²) >= 11 is 0. The molecule has 3 aromatic rings. The van der Waals surface area contributed by atoms with Crippen LogP contribution < -0.4 is 9.64 Å². The number of fused-ring (bicyclic) bond motifs is 1. The van der Waals surface area contributed by atoms with Gasteiger partial charge in [-0.3, -0.25) is 4.90 Å². The summed E-state index contributed by atoms with van der Waals surface area (Å²) in [6.07, 6.45) is 3.09. The molecular weight excluding hydrogens is 338 g/mol. The lowest BCUT2D eigenvalue weighted by atomic mass is 9.92. The number of anilines is 1. The number of hydrogen-bond acceptors (Lipinski definition) is 5. The van der Waals surface area contributed by atoms with E-state index < -0.39 is 0 Å². The van der Waals surface area contributed by atoms with Crippen LogP contribution in [0.3, 0.4) is 0 Å². The van der Waals surface area contributed by atoms with Gasteiger partial charge < -0.3 is 14.6 Å². The predicted octanol–water partition coefficient (Wildman–Crippen LogP) is 3.31. The molecule has 6 heteroatoms. The second kappa shape index (κ2) is 7.56. The van der Waals surface area contributed by atoms with Gasteiger partial charge in [-0.05, 0) is 30.5 Å². The summed E-state index contributed by atoms with van der Waals surface area (Å²) in [6, 6.07) is 13.5. The predicted molar refractivity (Wildman–Crippen MR) is 108 cm³/mol. The van der Waals surface area contributed by atoms with Crippen molar-refractivity contribution in [3.05, 3.63) is 48.2 Å². The normalized spacial score (nSPS) is 20.7. The Kier molecular flexibility index (Phi) is 4.99. The number of aromatic amines is 1. The maximum Gasteiger partial charge on any atom is 0.320 e. The highest BCUT2D eigenvalue weighted by Crippen LogP contribution is 2.30. The Bertz CT molecular complexity index is 894. The van der Waals surface area contributed by atoms with Gasteiger partial charge in [0.05, 0.1) is 12.5 Å². The molecule has 0 amide bonds. The largest absolute Gasteiger partial charge is 0.467 e. The number of likely N-dealkylation sites (N-methyl/N-ethyl adjacent to an activating group) is 1. The number of nitrogens with one attached hydrogen (secondary N) is 1. The van der Waals surface area contributed by atoms with Crippen LogP contribution in [0, 0.1) is 5.92 Å². The smallest absolute Gasteiger partial charge is 0.320 e. The first kappa shape index (κ1) is 17.8. The van der Waals surface area contributed by atoms with Crippen LogP contribution in [0.4, 0.5) is 5.82 Å². The fraction of sp³-hybridized carbons (Fsp3) is 0.429. The molecule has 4 rings (SSSR count). The third-order valence-corrected chi connectivity index (χ3v) is 5.64. The van der Waals surface area contributed by atoms with E-state index in [2.05, 4.69) is 69.1 Å². The average Bonchev–Trinajstić information content (AvgIpc) is 3.17. The molecular formula is C21H27N5O. The van der Waals surface area contributed by atoms with E-state index >= 15 is 0 Å². The molecule has 27 heavy (non-hydrogen) atoms. The molecule has 0 spiro atoms. The van der Waals surface area contributed by atoms with E-state index in [1.165, 1.54) is 12.0 Å². The number of H-pyrrole nitrogens is 1. The summed E-state index contributed by atoms with van der Waals surface area (Å²) in [4.78, 5) is 17.1. The summed E-state index contributed by atoms with van der Waals surface area (Å²) < 4.78 is 5.32. The molecule has 0 bridgehead atoms. The van der Waals surface area contributed by atoms with E-state index in [9.17, 15) is 0 Å². The van der Waals surface area contributed by atoms with E-state index in [1.807, 2.05) is 12.3 Å². The summed E-state index contributed by atoms with van der Waals surface area (Å²) in [6.45, 7) is 5.48. The van der Waals surface area contributed by atoms with Crippen molar-refractivity contribution in [2.45, 2.75) is 25.9 Å². The lowest BCUT2D eigenvalue weighted by Crippen LogP contribution is -2.50. The van der Waals surface area contributed by atoms with Crippen LogP contribution in [0.25, 0.3) is 11.0 Å². The summed E-state index contributed by atoms with van der Waals surface area (Å²) in [5, 5.41) is 1.03. The Morgan fingerprint density at radius 1 is 1.22 bits per heavy atom. The van der Waals surface area contributed by atoms with Gasteiger partial charge in [-0.1, -0.05) is 37.3 Å². The molecule has 0 radical (unpaired) electrons. The molecule has 142 valence electrons. The zero-order chi connectivity index (χ0) is 18.8. The van der Waals surface area contributed by atoms with E-state index in [4.69, 9.17) is 4.74 Å². The number of piperidine rings is 1. The Balaban J connectivity index is 1.58. The van der Waals surface area contributed by atoms with Crippen molar-refractivity contribution in [2.75, 3.05) is 32.1 Å². The molecule has 1 fully saturated rings. The van der Waals surface area contributed by atoms with Gasteiger partial charge in [-0.2, -0.15) is 9.97 Å². The minimum absolute atomic E-state index is 0.389. The molecule has 0 aliphatic carbocycles. The zero-order valence-electron chi connectivity index (χ0n) is 16.2. The summed E-state index contributed by atoms with van der Waals surface area (Å²) in [5.41, 5.74) is 2.18. The molecule has 1 aliphatic rings. The van der Waals surface area contributed by atoms with Crippen LogP contribution >= 0.6 is 0 Å². The fourth-order valence-corrected chi connectivity index (χ4v) is 4.03. The Morgan fingerprint density at radius 2 is 2.04 bits per heavy atom. The van der Waals surface area contributed by atoms with Crippen molar-refractivity contribution in [3.63, 3.8) is 0 Å². The van der Waals surface area contributed by atoms with Crippen molar-refractivity contribution in [3.8, 4) is 6.01 Å². The number of aromatic nitrogens is 3. The van der Waals surface area contributed by atoms with Crippen molar-refractivity contribution in [1.29, 1.82) is 0 Å². The van der Waals surface area contributed by atoms with E-state index in [0.29, 0.717) is 18.0 Å². The lowest BCUT2D eigenvalue weighted by molar-refractivity contribution is 0.159. The molecule has 1 aromatic carbocycles. The Labute approximate surface area is 160 Å². The van der Waals surface area contributed by atoms with Crippen LogP contribution in [0.2, 0.25) is 0 Å². The first-order valence-corrected chi connectivity index (χ1v) is 9.54. The van der Waals surface area contributed by atoms with Crippen LogP contribution in [0.5, 0.6) is 6.01 Å². The highest BCUT2D eigenvalue weighted by atomic mass is 16.5. The van der Waals surface area contributed by atoms with Crippen molar-refractivity contribution in [1.82, 2.24) is 19.9 Å². The number of likely N-dealkylation sites (tertiary alicyclic amines) is 1. The highest BCUT2D eigenvalue weighted by Gasteiger charge is 2.31. The lowest BCUT2D eigenvalue weighted by Gasteiger charge is -2.42. The summed E-state index contributed by atoms with van der Waals surface area (Å²) in [5.74, 6) is 1.52. The second-order valence-electron chi connectivity index (χ2n) is 7.44. The number of rotatable bonds is 5. The highest BCUT2D eigenvalue weighted by molar-refractivity contribution is 5.88. The standard InChI is InChI=1S/C21H27N5O/c1-15-10-12-26(13-16-7-5-4-6-8-16)14-18(15)25(2)20-17-9-11-22-19(17)23-21(24-20)27-3/h4-9,11,15,18H,10,12-14H2,1-3H3,(H,22,23,24). The van der Waals surface area contributed by atoms with Gasteiger partial charge in [-0.15, -0.1) is 0 Å². The van der Waals surface area contributed by atoms with Gasteiger partial charge in [0.25, 0.3) is 0 Å². The second-order valence-corrected chi connectivity index (χ2v) is 7.44. The Hall–Kier alpha value is -2.60. The van der Waals surface area contributed by atoms with Gasteiger partial charge in [0.15, 0.2) is 0 Å². The van der Waals surface area contributed by atoms with Gasteiger partial charge in [0.2, 0.25) is 0 Å². The van der Waals surface area contributed by atoms with E-state index in [0.717, 1.165) is 36.5 Å². The van der Waals surface area contributed by atoms with E-state index in [-0.39, 0.29) is 0 Å². The molecule has 2 atom stereocenters. The van der Waals surface area contributed by atoms with Crippen molar-refractivity contribution in [2.24, 2.45) is 5.92 Å². The number of methoxy groups -OCH3 is 1. The minimum Gasteiger partial charge on any atom is -0.467 e. The molecule has 1 aliphatic heterocycles. The average molecular weight is 365 g/mol. The number of nitrogens with zero attached hydrogens (tertiary/aromatic N) is 4. The van der Waals surface area contributed by atoms with Crippen LogP contribution in [-0.2, 0) is 6.54 Å². The molecule has 6 nitrogen and oxygen atoms in total. The van der Waals surface area contributed by atoms with E-state index in [1.54, 1.807) is 7.11 Å². The monoisotopic (exact) mass is 365 g/mol. The van der Waals surface area contributed by atoms with Gasteiger partial charge in [0, 0.05) is 32.4 Å². The van der Waals surface area contributed by atoms with Gasteiger partial charge in [0.1, 0.15) is 11.5 Å². The maximum absolute atomic E-state index is 5.32. The summed E-state index contributed by atoms with van der Waals surface area (Å²) in [7, 11) is 3.75. The van der Waals surface area contributed by atoms with Gasteiger partial charge >= 0.3 is 6.01 Å². The Morgan fingerprint density at radius 3 is 2.81 bits per heavy atom. The molecule has 2 unspecified atom stereocenters. The quantitative estimate of drug-likeness (QED) is 0.752. The van der Waals surface area contributed by atoms with Gasteiger partial charge in [-0.25, -0.2) is 0 Å². The molecule has 1 saturated heterocycles. The third-order valence-electron chi connectivity index (χ3n) is 5.64. The number of hydrogen-bond donors (Lipinski definition) is 1. The zero-order valence-corrected chi connectivity index (χ0v) is 16.2. The molecule has 2 aromatic heterocycles. The topological polar surface area (TPSA) is 57.3 Å². The fourth-order valence-electron chi connectivity index (χ4n) is 4.03. The van der Waals surface area contributed by atoms with Crippen LogP contribution in [-0.4, -0.2) is 53.1 Å². The molecule has 3 heterocycles. The van der Waals surface area contributed by atoms with Crippen LogP contribution in [0.1, 0.15) is 18.9 Å². The first-order chi connectivity index (χ1) is 13.2. The number of ether oxygens (including phenoxy) is 1. The third kappa shape index (κ3) is 3.62. The SMILES string of the molecule is COc1nc(N(C)C2CN(Cc3ccccc3)CCC2C)c2cc[nH]c2n1. The minimum atomic E-state index is 0.389. The van der Waals surface area contributed by atoms with Crippen molar-refractivity contribution >= 4 is 16.9 Å². The first-order valence-electron chi connectivity index (χ1n) is 9.54. The van der Waals surface area contributed by atoms with Crippen molar-refractivity contribution < 1.29 is 4.74 Å².